The van der Waals surface area contributed by atoms with Crippen molar-refractivity contribution in [1.82, 2.24) is 10.2 Å². The highest BCUT2D eigenvalue weighted by atomic mass is 35.5. The number of nitrogens with one attached hydrogen (secondary N) is 1. The number of hydrogen-bond acceptors (Lipinski definition) is 4. The highest BCUT2D eigenvalue weighted by Crippen LogP contribution is 2.23. The summed E-state index contributed by atoms with van der Waals surface area (Å²) in [6.45, 7) is 2.30. The molecule has 0 aliphatic heterocycles. The molecule has 0 spiro atoms. The van der Waals surface area contributed by atoms with Crippen LogP contribution in [0.4, 0.5) is 5.69 Å². The van der Waals surface area contributed by atoms with Gasteiger partial charge in [0.25, 0.3) is 0 Å². The van der Waals surface area contributed by atoms with Crippen molar-refractivity contribution in [2.24, 2.45) is 0 Å². The predicted octanol–water partition coefficient (Wildman–Crippen LogP) is 5.80. The Hall–Kier alpha value is -2.29. The number of benzene rings is 2. The number of carbonyl (C=O) groups is 2. The van der Waals surface area contributed by atoms with Gasteiger partial charge in [-0.25, -0.2) is 8.42 Å². The lowest BCUT2D eigenvalue weighted by molar-refractivity contribution is -0.141. The molecule has 10 heteroatoms. The largest absolute Gasteiger partial charge is 0.352 e. The van der Waals surface area contributed by atoms with E-state index in [1.807, 2.05) is 19.1 Å². The fraction of sp³-hybridized carbons (Fsp3) is 0.500. The Kier molecular flexibility index (Phi) is 11.3. The second-order valence-electron chi connectivity index (χ2n) is 9.83. The van der Waals surface area contributed by atoms with Gasteiger partial charge >= 0.3 is 0 Å². The predicted molar refractivity (Wildman–Crippen MR) is 154 cm³/mol. The average molecular weight is 583 g/mol. The summed E-state index contributed by atoms with van der Waals surface area (Å²) in [6, 6.07) is 13.3. The van der Waals surface area contributed by atoms with Crippen LogP contribution < -0.4 is 9.62 Å². The summed E-state index contributed by atoms with van der Waals surface area (Å²) in [7, 11) is -3.56. The molecule has 7 nitrogen and oxygen atoms in total. The molecule has 2 amide bonds. The van der Waals surface area contributed by atoms with Crippen LogP contribution in [0.2, 0.25) is 10.0 Å². The number of rotatable bonds is 12. The van der Waals surface area contributed by atoms with Crippen molar-refractivity contribution in [1.29, 1.82) is 0 Å². The van der Waals surface area contributed by atoms with Gasteiger partial charge in [0.1, 0.15) is 6.04 Å². The molecule has 38 heavy (non-hydrogen) atoms. The first-order valence-corrected chi connectivity index (χ1v) is 15.8. The van der Waals surface area contributed by atoms with Gasteiger partial charge in [-0.05, 0) is 67.6 Å². The molecule has 0 unspecified atom stereocenters. The molecule has 0 bridgehead atoms. The van der Waals surface area contributed by atoms with E-state index < -0.39 is 16.1 Å². The molecule has 1 saturated carbocycles. The molecule has 0 aromatic heterocycles. The average Bonchev–Trinajstić information content (AvgIpc) is 2.88. The van der Waals surface area contributed by atoms with E-state index >= 15 is 0 Å². The van der Waals surface area contributed by atoms with Gasteiger partial charge in [0.2, 0.25) is 21.8 Å². The van der Waals surface area contributed by atoms with Crippen molar-refractivity contribution in [2.45, 2.75) is 76.9 Å². The van der Waals surface area contributed by atoms with Crippen molar-refractivity contribution in [3.05, 3.63) is 64.1 Å². The SMILES string of the molecule is CC[C@H](C(=O)NC1CCCCC1)N(Cc1ccc(Cl)cc1)C(=O)CCCN(c1ccc(Cl)cc1)S(C)(=O)=O. The summed E-state index contributed by atoms with van der Waals surface area (Å²) in [5.41, 5.74) is 1.35. The van der Waals surface area contributed by atoms with E-state index in [9.17, 15) is 18.0 Å². The lowest BCUT2D eigenvalue weighted by Gasteiger charge is -2.33. The Balaban J connectivity index is 1.74. The molecule has 0 saturated heterocycles. The van der Waals surface area contributed by atoms with Gasteiger partial charge in [0.15, 0.2) is 0 Å². The van der Waals surface area contributed by atoms with Crippen molar-refractivity contribution >= 4 is 50.7 Å². The summed E-state index contributed by atoms with van der Waals surface area (Å²) in [6.07, 6.45) is 7.30. The fourth-order valence-electron chi connectivity index (χ4n) is 4.86. The molecule has 1 atom stereocenters. The molecule has 0 heterocycles. The van der Waals surface area contributed by atoms with Gasteiger partial charge < -0.3 is 10.2 Å². The second-order valence-corrected chi connectivity index (χ2v) is 12.6. The number of amides is 2. The molecule has 2 aromatic carbocycles. The van der Waals surface area contributed by atoms with Gasteiger partial charge in [-0.1, -0.05) is 61.5 Å². The maximum Gasteiger partial charge on any atom is 0.243 e. The molecule has 208 valence electrons. The topological polar surface area (TPSA) is 86.8 Å². The highest BCUT2D eigenvalue weighted by molar-refractivity contribution is 7.92. The molecule has 1 aliphatic carbocycles. The Morgan fingerprint density at radius 2 is 1.55 bits per heavy atom. The van der Waals surface area contributed by atoms with Crippen molar-refractivity contribution < 1.29 is 18.0 Å². The first-order valence-electron chi connectivity index (χ1n) is 13.2. The van der Waals surface area contributed by atoms with E-state index in [-0.39, 0.29) is 37.4 Å². The highest BCUT2D eigenvalue weighted by Gasteiger charge is 2.30. The second kappa shape index (κ2) is 14.2. The number of carbonyl (C=O) groups excluding carboxylic acids is 2. The zero-order valence-corrected chi connectivity index (χ0v) is 24.4. The first kappa shape index (κ1) is 30.3. The van der Waals surface area contributed by atoms with E-state index in [0.717, 1.165) is 37.5 Å². The van der Waals surface area contributed by atoms with Gasteiger partial charge in [-0.2, -0.15) is 0 Å². The third-order valence-corrected chi connectivity index (χ3v) is 8.57. The third kappa shape index (κ3) is 8.89. The Morgan fingerprint density at radius 3 is 2.11 bits per heavy atom. The molecule has 3 rings (SSSR count). The lowest BCUT2D eigenvalue weighted by Crippen LogP contribution is -2.51. The summed E-state index contributed by atoms with van der Waals surface area (Å²) in [4.78, 5) is 28.5. The standard InChI is InChI=1S/C28H37Cl2N3O4S/c1-3-26(28(35)31-24-8-5-4-6-9-24)32(20-21-11-13-22(29)14-12-21)27(34)10-7-19-33(38(2,36)37)25-17-15-23(30)16-18-25/h11-18,24,26H,3-10,19-20H2,1-2H3,(H,31,35)/t26-/m1/s1. The number of anilines is 1. The summed E-state index contributed by atoms with van der Waals surface area (Å²) in [5.74, 6) is -0.337. The molecule has 1 N–H and O–H groups in total. The summed E-state index contributed by atoms with van der Waals surface area (Å²) >= 11 is 12.0. The molecule has 2 aromatic rings. The van der Waals surface area contributed by atoms with Crippen molar-refractivity contribution in [2.75, 3.05) is 17.1 Å². The smallest absolute Gasteiger partial charge is 0.243 e. The van der Waals surface area contributed by atoms with Crippen LogP contribution in [0, 0.1) is 0 Å². The first-order chi connectivity index (χ1) is 18.1. The molecule has 0 radical (unpaired) electrons. The normalized spacial score (nSPS) is 15.1. The van der Waals surface area contributed by atoms with Crippen LogP contribution in [0.3, 0.4) is 0 Å². The van der Waals surface area contributed by atoms with Gasteiger partial charge in [-0.3, -0.25) is 13.9 Å². The minimum Gasteiger partial charge on any atom is -0.352 e. The zero-order valence-electron chi connectivity index (χ0n) is 22.0. The van der Waals surface area contributed by atoms with Crippen LogP contribution in [0.5, 0.6) is 0 Å². The van der Waals surface area contributed by atoms with Crippen LogP contribution in [-0.4, -0.2) is 50.0 Å². The Labute approximate surface area is 236 Å². The zero-order chi connectivity index (χ0) is 27.7. The summed E-state index contributed by atoms with van der Waals surface area (Å²) < 4.78 is 26.2. The van der Waals surface area contributed by atoms with E-state index in [1.54, 1.807) is 41.3 Å². The molecular formula is C28H37Cl2N3O4S. The fourth-order valence-corrected chi connectivity index (χ4v) is 6.08. The minimum absolute atomic E-state index is 0.0976. The maximum absolute atomic E-state index is 13.6. The number of hydrogen-bond donors (Lipinski definition) is 1. The van der Waals surface area contributed by atoms with E-state index in [0.29, 0.717) is 28.6 Å². The maximum atomic E-state index is 13.6. The van der Waals surface area contributed by atoms with Crippen LogP contribution in [0.15, 0.2) is 48.5 Å². The third-order valence-electron chi connectivity index (χ3n) is 6.87. The molecule has 1 aliphatic rings. The lowest BCUT2D eigenvalue weighted by atomic mass is 9.95. The van der Waals surface area contributed by atoms with Crippen molar-refractivity contribution in [3.63, 3.8) is 0 Å². The van der Waals surface area contributed by atoms with E-state index in [2.05, 4.69) is 5.32 Å². The summed E-state index contributed by atoms with van der Waals surface area (Å²) in [5, 5.41) is 4.27. The monoisotopic (exact) mass is 581 g/mol. The number of sulfonamides is 1. The molecular weight excluding hydrogens is 545 g/mol. The Bertz CT molecular complexity index is 1170. The van der Waals surface area contributed by atoms with E-state index in [4.69, 9.17) is 23.2 Å². The quantitative estimate of drug-likeness (QED) is 0.343. The Morgan fingerprint density at radius 1 is 0.974 bits per heavy atom. The molecule has 1 fully saturated rings. The van der Waals surface area contributed by atoms with Gasteiger partial charge in [0.05, 0.1) is 11.9 Å². The van der Waals surface area contributed by atoms with E-state index in [1.165, 1.54) is 10.7 Å². The van der Waals surface area contributed by atoms with Crippen molar-refractivity contribution in [3.8, 4) is 0 Å². The number of halogens is 2. The van der Waals surface area contributed by atoms with Crippen LogP contribution in [0.1, 0.15) is 63.9 Å². The van der Waals surface area contributed by atoms with Crippen LogP contribution in [0.25, 0.3) is 0 Å². The van der Waals surface area contributed by atoms with Crippen LogP contribution >= 0.6 is 23.2 Å². The minimum atomic E-state index is -3.56. The number of nitrogens with zero attached hydrogens (tertiary/aromatic N) is 2. The van der Waals surface area contributed by atoms with Gasteiger partial charge in [-0.15, -0.1) is 0 Å². The van der Waals surface area contributed by atoms with Gasteiger partial charge in [0, 0.05) is 35.6 Å². The van der Waals surface area contributed by atoms with Crippen LogP contribution in [-0.2, 0) is 26.2 Å².